The first-order valence-corrected chi connectivity index (χ1v) is 9.91. The molecule has 29 heavy (non-hydrogen) atoms. The van der Waals surface area contributed by atoms with Crippen molar-refractivity contribution in [1.29, 1.82) is 0 Å². The van der Waals surface area contributed by atoms with Gasteiger partial charge in [0.2, 0.25) is 0 Å². The van der Waals surface area contributed by atoms with E-state index in [2.05, 4.69) is 15.9 Å². The molecule has 0 radical (unpaired) electrons. The van der Waals surface area contributed by atoms with Crippen molar-refractivity contribution in [2.45, 2.75) is 18.2 Å². The average molecular weight is 456 g/mol. The number of fused-ring (bicyclic) bond motifs is 1. The summed E-state index contributed by atoms with van der Waals surface area (Å²) in [5.41, 5.74) is 0.746. The maximum Gasteiger partial charge on any atom is 0.260 e. The molecule has 0 aliphatic carbocycles. The van der Waals surface area contributed by atoms with Gasteiger partial charge in [0.05, 0.1) is 12.2 Å². The van der Waals surface area contributed by atoms with Gasteiger partial charge >= 0.3 is 0 Å². The molecule has 0 spiro atoms. The molecule has 4 rings (SSSR count). The lowest BCUT2D eigenvalue weighted by Gasteiger charge is -2.44. The molecule has 148 valence electrons. The zero-order valence-corrected chi connectivity index (χ0v) is 17.3. The molecule has 6 heteroatoms. The first kappa shape index (κ1) is 19.8. The minimum absolute atomic E-state index is 0.336. The van der Waals surface area contributed by atoms with E-state index in [4.69, 9.17) is 4.74 Å². The van der Waals surface area contributed by atoms with Gasteiger partial charge in [0.25, 0.3) is 5.91 Å². The van der Waals surface area contributed by atoms with Gasteiger partial charge in [-0.05, 0) is 41.5 Å². The van der Waals surface area contributed by atoms with Crippen molar-refractivity contribution in [2.24, 2.45) is 0 Å². The highest BCUT2D eigenvalue weighted by Gasteiger charge is 2.52. The number of benzene rings is 3. The van der Waals surface area contributed by atoms with Crippen LogP contribution in [0.5, 0.6) is 0 Å². The van der Waals surface area contributed by atoms with E-state index in [9.17, 15) is 14.3 Å². The topological polar surface area (TPSA) is 49.8 Å². The van der Waals surface area contributed by atoms with Crippen LogP contribution < -0.4 is 4.90 Å². The van der Waals surface area contributed by atoms with E-state index < -0.39 is 17.5 Å². The Kier molecular flexibility index (Phi) is 5.25. The van der Waals surface area contributed by atoms with Crippen LogP contribution >= 0.6 is 15.9 Å². The molecule has 0 saturated carbocycles. The van der Waals surface area contributed by atoms with E-state index in [1.54, 1.807) is 23.1 Å². The van der Waals surface area contributed by atoms with Gasteiger partial charge in [0.15, 0.2) is 11.7 Å². The normalized spacial score (nSPS) is 21.2. The zero-order chi connectivity index (χ0) is 20.6. The summed E-state index contributed by atoms with van der Waals surface area (Å²) in [6.07, 6.45) is -1.17. The van der Waals surface area contributed by atoms with Crippen LogP contribution in [0.3, 0.4) is 0 Å². The number of halogens is 2. The quantitative estimate of drug-likeness (QED) is 0.634. The lowest BCUT2D eigenvalue weighted by Crippen LogP contribution is -2.57. The average Bonchev–Trinajstić information content (AvgIpc) is 2.73. The molecule has 1 amide bonds. The fourth-order valence-corrected chi connectivity index (χ4v) is 4.09. The van der Waals surface area contributed by atoms with Crippen molar-refractivity contribution >= 4 is 27.5 Å². The number of methoxy groups -OCH3 is 1. The molecule has 1 N–H and O–H groups in total. The van der Waals surface area contributed by atoms with Crippen LogP contribution in [0.1, 0.15) is 16.7 Å². The van der Waals surface area contributed by atoms with Crippen LogP contribution in [0.2, 0.25) is 0 Å². The summed E-state index contributed by atoms with van der Waals surface area (Å²) in [5, 5.41) is 11.7. The maximum atomic E-state index is 13.5. The van der Waals surface area contributed by atoms with E-state index in [-0.39, 0.29) is 5.91 Å². The van der Waals surface area contributed by atoms with Crippen molar-refractivity contribution in [3.8, 4) is 0 Å². The minimum Gasteiger partial charge on any atom is -0.377 e. The number of aliphatic hydroxyl groups is 1. The Morgan fingerprint density at radius 3 is 2.38 bits per heavy atom. The van der Waals surface area contributed by atoms with Crippen LogP contribution in [0.15, 0.2) is 77.3 Å². The Bertz CT molecular complexity index is 1040. The fraction of sp³-hybridized carbons (Fsp3) is 0.174. The second-order valence-electron chi connectivity index (χ2n) is 6.96. The van der Waals surface area contributed by atoms with Crippen molar-refractivity contribution in [3.05, 3.63) is 99.8 Å². The monoisotopic (exact) mass is 455 g/mol. The summed E-state index contributed by atoms with van der Waals surface area (Å²) < 4.78 is 19.9. The van der Waals surface area contributed by atoms with Gasteiger partial charge in [-0.1, -0.05) is 58.4 Å². The number of amides is 1. The van der Waals surface area contributed by atoms with E-state index >= 15 is 0 Å². The van der Waals surface area contributed by atoms with Crippen LogP contribution in [0.25, 0.3) is 0 Å². The number of carbonyl (C=O) groups is 1. The van der Waals surface area contributed by atoms with Gasteiger partial charge in [-0.3, -0.25) is 4.79 Å². The van der Waals surface area contributed by atoms with Crippen molar-refractivity contribution in [1.82, 2.24) is 0 Å². The Hall–Kier alpha value is -2.54. The zero-order valence-electron chi connectivity index (χ0n) is 15.7. The Morgan fingerprint density at radius 2 is 1.72 bits per heavy atom. The molecule has 3 aromatic carbocycles. The number of ether oxygens (including phenoxy) is 1. The Labute approximate surface area is 176 Å². The summed E-state index contributed by atoms with van der Waals surface area (Å²) in [6, 6.07) is 20.4. The SMILES string of the molecule is COC1C(=O)N(Cc2ccc(Br)cc2)c2ccccc2C1(O)c1ccc(F)cc1. The fourth-order valence-electron chi connectivity index (χ4n) is 3.83. The van der Waals surface area contributed by atoms with Crippen LogP contribution in [0.4, 0.5) is 10.1 Å². The predicted octanol–water partition coefficient (Wildman–Crippen LogP) is 4.39. The van der Waals surface area contributed by atoms with Gasteiger partial charge in [-0.25, -0.2) is 4.39 Å². The third kappa shape index (κ3) is 3.37. The molecule has 1 heterocycles. The predicted molar refractivity (Wildman–Crippen MR) is 112 cm³/mol. The number of para-hydroxylation sites is 1. The second kappa shape index (κ2) is 7.71. The molecule has 1 aliphatic heterocycles. The summed E-state index contributed by atoms with van der Waals surface area (Å²) in [5.74, 6) is -0.778. The largest absolute Gasteiger partial charge is 0.377 e. The van der Waals surface area contributed by atoms with Crippen molar-refractivity contribution < 1.29 is 19.0 Å². The maximum absolute atomic E-state index is 13.5. The third-order valence-corrected chi connectivity index (χ3v) is 5.78. The highest BCUT2D eigenvalue weighted by molar-refractivity contribution is 9.10. The lowest BCUT2D eigenvalue weighted by molar-refractivity contribution is -0.145. The van der Waals surface area contributed by atoms with E-state index in [0.717, 1.165) is 10.0 Å². The lowest BCUT2D eigenvalue weighted by atomic mass is 9.77. The van der Waals surface area contributed by atoms with Crippen LogP contribution in [0, 0.1) is 5.82 Å². The number of hydrogen-bond donors (Lipinski definition) is 1. The summed E-state index contributed by atoms with van der Waals surface area (Å²) in [4.78, 5) is 15.0. The molecule has 3 aromatic rings. The molecule has 0 fully saturated rings. The summed E-state index contributed by atoms with van der Waals surface area (Å²) >= 11 is 3.41. The Balaban J connectivity index is 1.85. The molecule has 0 bridgehead atoms. The third-order valence-electron chi connectivity index (χ3n) is 5.25. The van der Waals surface area contributed by atoms with Gasteiger partial charge < -0.3 is 14.7 Å². The molecule has 1 aliphatic rings. The molecule has 2 atom stereocenters. The highest BCUT2D eigenvalue weighted by atomic mass is 79.9. The van der Waals surface area contributed by atoms with E-state index in [1.807, 2.05) is 30.3 Å². The smallest absolute Gasteiger partial charge is 0.260 e. The van der Waals surface area contributed by atoms with E-state index in [1.165, 1.54) is 31.4 Å². The van der Waals surface area contributed by atoms with Crippen molar-refractivity contribution in [2.75, 3.05) is 12.0 Å². The van der Waals surface area contributed by atoms with Crippen LogP contribution in [-0.4, -0.2) is 24.2 Å². The molecular formula is C23H19BrFNO3. The minimum atomic E-state index is -1.73. The molecule has 4 nitrogen and oxygen atoms in total. The number of carbonyl (C=O) groups excluding carboxylic acids is 1. The van der Waals surface area contributed by atoms with Crippen molar-refractivity contribution in [3.63, 3.8) is 0 Å². The number of nitrogens with zero attached hydrogens (tertiary/aromatic N) is 1. The first-order chi connectivity index (χ1) is 13.9. The molecule has 0 aromatic heterocycles. The van der Waals surface area contributed by atoms with Gasteiger partial charge in [-0.15, -0.1) is 0 Å². The van der Waals surface area contributed by atoms with Gasteiger partial charge in [-0.2, -0.15) is 0 Å². The second-order valence-corrected chi connectivity index (χ2v) is 7.87. The summed E-state index contributed by atoms with van der Waals surface area (Å²) in [6.45, 7) is 0.336. The Morgan fingerprint density at radius 1 is 1.07 bits per heavy atom. The molecular weight excluding hydrogens is 437 g/mol. The number of hydrogen-bond acceptors (Lipinski definition) is 3. The highest BCUT2D eigenvalue weighted by Crippen LogP contribution is 2.45. The van der Waals surface area contributed by atoms with Crippen LogP contribution in [-0.2, 0) is 21.7 Å². The number of rotatable bonds is 4. The molecule has 0 saturated heterocycles. The summed E-state index contributed by atoms with van der Waals surface area (Å²) in [7, 11) is 1.39. The van der Waals surface area contributed by atoms with Gasteiger partial charge in [0.1, 0.15) is 5.82 Å². The standard InChI is InChI=1S/C23H19BrFNO3/c1-29-21-22(27)26(14-15-6-10-17(24)11-7-15)20-5-3-2-4-19(20)23(21,28)16-8-12-18(25)13-9-16/h2-13,21,28H,14H2,1H3. The number of anilines is 1. The van der Waals surface area contributed by atoms with Gasteiger partial charge in [0, 0.05) is 17.1 Å². The molecule has 2 unspecified atom stereocenters. The first-order valence-electron chi connectivity index (χ1n) is 9.11. The van der Waals surface area contributed by atoms with E-state index in [0.29, 0.717) is 23.4 Å².